The maximum atomic E-state index is 13.5. The molecule has 0 aromatic rings. The monoisotopic (exact) mass is 360 g/mol. The summed E-state index contributed by atoms with van der Waals surface area (Å²) in [7, 11) is 0. The minimum atomic E-state index is -0.594. The summed E-state index contributed by atoms with van der Waals surface area (Å²) in [6.45, 7) is 3.38. The van der Waals surface area contributed by atoms with Crippen LogP contribution in [0.1, 0.15) is 51.9 Å². The van der Waals surface area contributed by atoms with Gasteiger partial charge in [-0.3, -0.25) is 9.59 Å². The van der Waals surface area contributed by atoms with E-state index in [0.717, 1.165) is 31.3 Å². The summed E-state index contributed by atoms with van der Waals surface area (Å²) in [5, 5.41) is 10.4. The topological polar surface area (TPSA) is 72.8 Å². The van der Waals surface area contributed by atoms with Crippen molar-refractivity contribution in [1.82, 2.24) is 0 Å². The van der Waals surface area contributed by atoms with E-state index >= 15 is 0 Å². The SMILES string of the molecule is C[C@]12CC(=O)[C@H]3[C@@H](CCC4=CC(=O)CC[C@@]43CO)[C@@H]1CCC21OCCO1. The Morgan fingerprint density at radius 2 is 1.92 bits per heavy atom. The van der Waals surface area contributed by atoms with Gasteiger partial charge in [0.2, 0.25) is 0 Å². The van der Waals surface area contributed by atoms with Gasteiger partial charge in [0.15, 0.2) is 11.6 Å². The molecule has 0 aromatic heterocycles. The fourth-order valence-corrected chi connectivity index (χ4v) is 7.34. The largest absolute Gasteiger partial charge is 0.395 e. The molecule has 5 atom stereocenters. The highest BCUT2D eigenvalue weighted by Crippen LogP contribution is 2.67. The molecule has 0 amide bonds. The maximum Gasteiger partial charge on any atom is 0.174 e. The van der Waals surface area contributed by atoms with Crippen LogP contribution in [0.15, 0.2) is 11.6 Å². The Morgan fingerprint density at radius 3 is 2.65 bits per heavy atom. The normalized spacial score (nSPS) is 46.7. The van der Waals surface area contributed by atoms with E-state index in [4.69, 9.17) is 9.47 Å². The number of hydrogen-bond acceptors (Lipinski definition) is 5. The number of rotatable bonds is 1. The molecule has 5 nitrogen and oxygen atoms in total. The Hall–Kier alpha value is -1.04. The first-order chi connectivity index (χ1) is 12.5. The number of ether oxygens (including phenoxy) is 2. The van der Waals surface area contributed by atoms with Crippen LogP contribution in [0.3, 0.4) is 0 Å². The first kappa shape index (κ1) is 17.1. The van der Waals surface area contributed by atoms with Gasteiger partial charge in [-0.15, -0.1) is 0 Å². The van der Waals surface area contributed by atoms with Crippen molar-refractivity contribution >= 4 is 11.6 Å². The predicted molar refractivity (Wildman–Crippen MR) is 93.1 cm³/mol. The lowest BCUT2D eigenvalue weighted by Gasteiger charge is -2.58. The molecule has 1 spiro atoms. The molecule has 1 saturated heterocycles. The lowest BCUT2D eigenvalue weighted by atomic mass is 9.46. The van der Waals surface area contributed by atoms with Gasteiger partial charge in [-0.25, -0.2) is 0 Å². The second-order valence-corrected chi connectivity index (χ2v) is 9.29. The molecule has 4 aliphatic carbocycles. The highest BCUT2D eigenvalue weighted by atomic mass is 16.7. The number of ketones is 2. The summed E-state index contributed by atoms with van der Waals surface area (Å²) in [5.41, 5.74) is 0.238. The molecule has 0 radical (unpaired) electrons. The average molecular weight is 360 g/mol. The minimum Gasteiger partial charge on any atom is -0.395 e. The Balaban J connectivity index is 1.57. The first-order valence-electron chi connectivity index (χ1n) is 10.1. The molecule has 142 valence electrons. The van der Waals surface area contributed by atoms with Crippen LogP contribution >= 0.6 is 0 Å². The van der Waals surface area contributed by atoms with E-state index in [9.17, 15) is 14.7 Å². The second kappa shape index (κ2) is 5.49. The number of fused-ring (bicyclic) bond motifs is 6. The molecule has 3 saturated carbocycles. The van der Waals surface area contributed by atoms with Gasteiger partial charge < -0.3 is 14.6 Å². The first-order valence-corrected chi connectivity index (χ1v) is 10.1. The molecule has 0 bridgehead atoms. The van der Waals surface area contributed by atoms with Crippen LogP contribution in [0.5, 0.6) is 0 Å². The predicted octanol–water partition coefficient (Wildman–Crippen LogP) is 2.41. The van der Waals surface area contributed by atoms with Crippen LogP contribution in [0.25, 0.3) is 0 Å². The van der Waals surface area contributed by atoms with E-state index in [1.807, 2.05) is 0 Å². The summed E-state index contributed by atoms with van der Waals surface area (Å²) in [5.74, 6) is 0.266. The number of carbonyl (C=O) groups is 2. The van der Waals surface area contributed by atoms with E-state index in [-0.39, 0.29) is 35.4 Å². The van der Waals surface area contributed by atoms with Crippen molar-refractivity contribution in [2.75, 3.05) is 19.8 Å². The van der Waals surface area contributed by atoms with E-state index in [1.54, 1.807) is 6.08 Å². The number of hydrogen-bond donors (Lipinski definition) is 1. The molecule has 1 heterocycles. The third kappa shape index (κ3) is 1.92. The maximum absolute atomic E-state index is 13.5. The van der Waals surface area contributed by atoms with E-state index < -0.39 is 11.2 Å². The molecule has 26 heavy (non-hydrogen) atoms. The molecule has 5 aliphatic rings. The third-order valence-electron chi connectivity index (χ3n) is 8.48. The van der Waals surface area contributed by atoms with Crippen LogP contribution in [0.4, 0.5) is 0 Å². The lowest BCUT2D eigenvalue weighted by molar-refractivity contribution is -0.239. The zero-order chi connectivity index (χ0) is 18.2. The number of carbonyl (C=O) groups excluding carboxylic acids is 2. The summed E-state index contributed by atoms with van der Waals surface area (Å²) < 4.78 is 12.2. The molecule has 0 aromatic carbocycles. The van der Waals surface area contributed by atoms with Crippen molar-refractivity contribution in [3.05, 3.63) is 11.6 Å². The standard InChI is InChI=1S/C21H28O5/c1-19-11-17(24)18-15(16(19)5-7-21(19)25-8-9-26-21)3-2-13-10-14(23)4-6-20(13,18)12-22/h10,15-16,18,22H,2-9,11-12H2,1H3/t15-,16-,18+,19-,20+/m0/s1. The smallest absolute Gasteiger partial charge is 0.174 e. The Kier molecular flexibility index (Phi) is 3.61. The third-order valence-corrected chi connectivity index (χ3v) is 8.48. The fourth-order valence-electron chi connectivity index (χ4n) is 7.34. The van der Waals surface area contributed by atoms with Gasteiger partial charge in [0.25, 0.3) is 0 Å². The number of aliphatic hydroxyl groups is 1. The van der Waals surface area contributed by atoms with E-state index in [1.165, 1.54) is 0 Å². The second-order valence-electron chi connectivity index (χ2n) is 9.29. The van der Waals surface area contributed by atoms with Crippen molar-refractivity contribution in [1.29, 1.82) is 0 Å². The van der Waals surface area contributed by atoms with Crippen LogP contribution in [0.2, 0.25) is 0 Å². The summed E-state index contributed by atoms with van der Waals surface area (Å²) >= 11 is 0. The highest BCUT2D eigenvalue weighted by Gasteiger charge is 2.69. The Bertz CT molecular complexity index is 691. The number of aliphatic hydroxyl groups excluding tert-OH is 1. The molecule has 4 fully saturated rings. The van der Waals surface area contributed by atoms with Gasteiger partial charge in [0, 0.05) is 36.0 Å². The lowest BCUT2D eigenvalue weighted by Crippen LogP contribution is -2.60. The average Bonchev–Trinajstić information content (AvgIpc) is 3.21. The summed E-state index contributed by atoms with van der Waals surface area (Å²) in [4.78, 5) is 25.4. The number of Topliss-reactive ketones (excluding diaryl/α,β-unsaturated/α-hetero) is 1. The van der Waals surface area contributed by atoms with Crippen LogP contribution in [0, 0.1) is 28.6 Å². The zero-order valence-electron chi connectivity index (χ0n) is 15.5. The van der Waals surface area contributed by atoms with Crippen molar-refractivity contribution in [2.24, 2.45) is 28.6 Å². The van der Waals surface area contributed by atoms with Crippen molar-refractivity contribution in [3.63, 3.8) is 0 Å². The quantitative estimate of drug-likeness (QED) is 0.777. The van der Waals surface area contributed by atoms with Crippen molar-refractivity contribution in [2.45, 2.75) is 57.7 Å². The Labute approximate surface area is 154 Å². The molecule has 1 N–H and O–H groups in total. The molecule has 5 heteroatoms. The highest BCUT2D eigenvalue weighted by molar-refractivity contribution is 5.93. The van der Waals surface area contributed by atoms with Crippen molar-refractivity contribution < 1.29 is 24.2 Å². The van der Waals surface area contributed by atoms with Gasteiger partial charge in [0.1, 0.15) is 5.78 Å². The van der Waals surface area contributed by atoms with Gasteiger partial charge >= 0.3 is 0 Å². The van der Waals surface area contributed by atoms with E-state index in [2.05, 4.69) is 6.92 Å². The summed E-state index contributed by atoms with van der Waals surface area (Å²) in [6.07, 6.45) is 6.87. The minimum absolute atomic E-state index is 0.0272. The van der Waals surface area contributed by atoms with Gasteiger partial charge in [-0.2, -0.15) is 0 Å². The van der Waals surface area contributed by atoms with Gasteiger partial charge in [0.05, 0.1) is 19.8 Å². The molecular weight excluding hydrogens is 332 g/mol. The van der Waals surface area contributed by atoms with Crippen LogP contribution in [-0.2, 0) is 19.1 Å². The molecular formula is C21H28O5. The van der Waals surface area contributed by atoms with Crippen molar-refractivity contribution in [3.8, 4) is 0 Å². The molecule has 0 unspecified atom stereocenters. The van der Waals surface area contributed by atoms with Gasteiger partial charge in [-0.05, 0) is 43.6 Å². The Morgan fingerprint density at radius 1 is 1.15 bits per heavy atom. The van der Waals surface area contributed by atoms with Crippen LogP contribution in [-0.4, -0.2) is 42.3 Å². The fraction of sp³-hybridized carbons (Fsp3) is 0.810. The molecule has 5 rings (SSSR count). The summed E-state index contributed by atoms with van der Waals surface area (Å²) in [6, 6.07) is 0. The van der Waals surface area contributed by atoms with Gasteiger partial charge in [-0.1, -0.05) is 12.5 Å². The van der Waals surface area contributed by atoms with Crippen LogP contribution < -0.4 is 0 Å². The van der Waals surface area contributed by atoms with E-state index in [0.29, 0.717) is 38.4 Å². The molecule has 1 aliphatic heterocycles. The zero-order valence-corrected chi connectivity index (χ0v) is 15.5.